The van der Waals surface area contributed by atoms with E-state index < -0.39 is 0 Å². The Morgan fingerprint density at radius 1 is 0.905 bits per heavy atom. The molecule has 0 heterocycles. The van der Waals surface area contributed by atoms with Crippen molar-refractivity contribution in [2.45, 2.75) is 6.54 Å². The molecule has 0 fully saturated rings. The topological polar surface area (TPSA) is 39.7 Å². The van der Waals surface area contributed by atoms with Crippen molar-refractivity contribution in [3.8, 4) is 17.2 Å². The van der Waals surface area contributed by atoms with Gasteiger partial charge in [-0.25, -0.2) is 0 Å². The molecule has 0 saturated carbocycles. The van der Waals surface area contributed by atoms with E-state index in [-0.39, 0.29) is 0 Å². The van der Waals surface area contributed by atoms with Crippen LogP contribution in [0.3, 0.4) is 0 Å². The van der Waals surface area contributed by atoms with Gasteiger partial charge in [-0.05, 0) is 17.7 Å². The maximum Gasteiger partial charge on any atom is 0.203 e. The second-order valence-electron chi connectivity index (χ2n) is 4.39. The van der Waals surface area contributed by atoms with Crippen molar-refractivity contribution >= 4 is 21.6 Å². The SMILES string of the molecule is COc1cc(NCc2ccc(Br)cc2)cc(OC)c1OC. The number of halogens is 1. The van der Waals surface area contributed by atoms with E-state index in [1.54, 1.807) is 21.3 Å². The van der Waals surface area contributed by atoms with Crippen molar-refractivity contribution in [2.24, 2.45) is 0 Å². The van der Waals surface area contributed by atoms with Crippen molar-refractivity contribution in [3.05, 3.63) is 46.4 Å². The number of hydrogen-bond acceptors (Lipinski definition) is 4. The Balaban J connectivity index is 2.18. The zero-order chi connectivity index (χ0) is 15.2. The van der Waals surface area contributed by atoms with Gasteiger partial charge in [0.25, 0.3) is 0 Å². The van der Waals surface area contributed by atoms with Crippen LogP contribution in [0.25, 0.3) is 0 Å². The third-order valence-corrected chi connectivity index (χ3v) is 3.60. The van der Waals surface area contributed by atoms with Crippen LogP contribution in [0, 0.1) is 0 Å². The minimum Gasteiger partial charge on any atom is -0.493 e. The van der Waals surface area contributed by atoms with Gasteiger partial charge in [0.1, 0.15) is 0 Å². The summed E-state index contributed by atoms with van der Waals surface area (Å²) < 4.78 is 17.0. The fraction of sp³-hybridized carbons (Fsp3) is 0.250. The zero-order valence-electron chi connectivity index (χ0n) is 12.3. The first-order valence-electron chi connectivity index (χ1n) is 6.46. The molecule has 2 aromatic rings. The van der Waals surface area contributed by atoms with Gasteiger partial charge in [0.15, 0.2) is 11.5 Å². The van der Waals surface area contributed by atoms with Gasteiger partial charge in [0.2, 0.25) is 5.75 Å². The number of nitrogens with one attached hydrogen (secondary N) is 1. The molecule has 112 valence electrons. The van der Waals surface area contributed by atoms with Crippen molar-refractivity contribution in [1.82, 2.24) is 0 Å². The Kier molecular flexibility index (Phi) is 5.33. The van der Waals surface area contributed by atoms with Crippen LogP contribution in [0.2, 0.25) is 0 Å². The van der Waals surface area contributed by atoms with E-state index in [0.717, 1.165) is 10.2 Å². The maximum atomic E-state index is 5.34. The highest BCUT2D eigenvalue weighted by atomic mass is 79.9. The predicted molar refractivity (Wildman–Crippen MR) is 87.6 cm³/mol. The van der Waals surface area contributed by atoms with E-state index in [1.165, 1.54) is 5.56 Å². The maximum absolute atomic E-state index is 5.34. The Morgan fingerprint density at radius 2 is 1.48 bits per heavy atom. The molecule has 0 atom stereocenters. The van der Waals surface area contributed by atoms with E-state index in [0.29, 0.717) is 23.8 Å². The van der Waals surface area contributed by atoms with Crippen LogP contribution >= 0.6 is 15.9 Å². The van der Waals surface area contributed by atoms with E-state index >= 15 is 0 Å². The van der Waals surface area contributed by atoms with Crippen LogP contribution in [-0.2, 0) is 6.54 Å². The summed E-state index contributed by atoms with van der Waals surface area (Å²) in [6.45, 7) is 0.714. The van der Waals surface area contributed by atoms with Gasteiger partial charge < -0.3 is 19.5 Å². The summed E-state index contributed by atoms with van der Waals surface area (Å²) in [4.78, 5) is 0. The van der Waals surface area contributed by atoms with Crippen molar-refractivity contribution < 1.29 is 14.2 Å². The first-order valence-corrected chi connectivity index (χ1v) is 7.25. The summed E-state index contributed by atoms with van der Waals surface area (Å²) >= 11 is 3.43. The minimum atomic E-state index is 0.592. The van der Waals surface area contributed by atoms with Gasteiger partial charge in [-0.1, -0.05) is 28.1 Å². The molecule has 21 heavy (non-hydrogen) atoms. The zero-order valence-corrected chi connectivity index (χ0v) is 13.9. The van der Waals surface area contributed by atoms with Crippen LogP contribution in [0.15, 0.2) is 40.9 Å². The van der Waals surface area contributed by atoms with Gasteiger partial charge in [-0.3, -0.25) is 0 Å². The molecular formula is C16H18BrNO3. The molecule has 0 radical (unpaired) electrons. The van der Waals surface area contributed by atoms with Crippen molar-refractivity contribution in [2.75, 3.05) is 26.6 Å². The highest BCUT2D eigenvalue weighted by Gasteiger charge is 2.12. The number of benzene rings is 2. The summed E-state index contributed by atoms with van der Waals surface area (Å²) in [5.74, 6) is 1.86. The molecule has 0 unspecified atom stereocenters. The summed E-state index contributed by atoms with van der Waals surface area (Å²) in [7, 11) is 4.81. The molecule has 1 N–H and O–H groups in total. The molecule has 0 saturated heterocycles. The monoisotopic (exact) mass is 351 g/mol. The van der Waals surface area contributed by atoms with E-state index in [9.17, 15) is 0 Å². The summed E-state index contributed by atoms with van der Waals surface area (Å²) in [6.07, 6.45) is 0. The molecular weight excluding hydrogens is 334 g/mol. The lowest BCUT2D eigenvalue weighted by Gasteiger charge is -2.15. The summed E-state index contributed by atoms with van der Waals surface area (Å²) in [6, 6.07) is 11.9. The first kappa shape index (κ1) is 15.5. The normalized spacial score (nSPS) is 10.1. The van der Waals surface area contributed by atoms with Crippen molar-refractivity contribution in [3.63, 3.8) is 0 Å². The number of anilines is 1. The fourth-order valence-electron chi connectivity index (χ4n) is 1.99. The lowest BCUT2D eigenvalue weighted by Crippen LogP contribution is -2.01. The largest absolute Gasteiger partial charge is 0.493 e. The van der Waals surface area contributed by atoms with Crippen molar-refractivity contribution in [1.29, 1.82) is 0 Å². The van der Waals surface area contributed by atoms with Crippen LogP contribution in [0.5, 0.6) is 17.2 Å². The highest BCUT2D eigenvalue weighted by molar-refractivity contribution is 9.10. The number of ether oxygens (including phenoxy) is 3. The molecule has 5 heteroatoms. The van der Waals surface area contributed by atoms with E-state index in [2.05, 4.69) is 33.4 Å². The molecule has 2 rings (SSSR count). The van der Waals surface area contributed by atoms with E-state index in [4.69, 9.17) is 14.2 Å². The molecule has 0 aliphatic heterocycles. The fourth-order valence-corrected chi connectivity index (χ4v) is 2.25. The van der Waals surface area contributed by atoms with Gasteiger partial charge in [-0.2, -0.15) is 0 Å². The summed E-state index contributed by atoms with van der Waals surface area (Å²) in [5, 5.41) is 3.35. The van der Waals surface area contributed by atoms with Gasteiger partial charge in [0.05, 0.1) is 21.3 Å². The quantitative estimate of drug-likeness (QED) is 0.850. The average Bonchev–Trinajstić information content (AvgIpc) is 2.53. The second kappa shape index (κ2) is 7.22. The smallest absolute Gasteiger partial charge is 0.203 e. The van der Waals surface area contributed by atoms with Crippen LogP contribution < -0.4 is 19.5 Å². The third-order valence-electron chi connectivity index (χ3n) is 3.07. The molecule has 4 nitrogen and oxygen atoms in total. The lowest BCUT2D eigenvalue weighted by atomic mass is 10.2. The molecule has 2 aromatic carbocycles. The van der Waals surface area contributed by atoms with Gasteiger partial charge in [-0.15, -0.1) is 0 Å². The molecule has 0 spiro atoms. The van der Waals surface area contributed by atoms with Gasteiger partial charge >= 0.3 is 0 Å². The second-order valence-corrected chi connectivity index (χ2v) is 5.31. The lowest BCUT2D eigenvalue weighted by molar-refractivity contribution is 0.324. The first-order chi connectivity index (χ1) is 10.2. The minimum absolute atomic E-state index is 0.592. The van der Waals surface area contributed by atoms with E-state index in [1.807, 2.05) is 24.3 Å². The van der Waals surface area contributed by atoms with Crippen LogP contribution in [-0.4, -0.2) is 21.3 Å². The number of methoxy groups -OCH3 is 3. The molecule has 0 aromatic heterocycles. The van der Waals surface area contributed by atoms with Crippen LogP contribution in [0.1, 0.15) is 5.56 Å². The Hall–Kier alpha value is -1.88. The standard InChI is InChI=1S/C16H18BrNO3/c1-19-14-8-13(9-15(20-2)16(14)21-3)18-10-11-4-6-12(17)7-5-11/h4-9,18H,10H2,1-3H3. The summed E-state index contributed by atoms with van der Waals surface area (Å²) in [5.41, 5.74) is 2.10. The average molecular weight is 352 g/mol. The third kappa shape index (κ3) is 3.82. The molecule has 0 amide bonds. The van der Waals surface area contributed by atoms with Gasteiger partial charge in [0, 0.05) is 28.8 Å². The highest BCUT2D eigenvalue weighted by Crippen LogP contribution is 2.39. The molecule has 0 aliphatic rings. The number of hydrogen-bond donors (Lipinski definition) is 1. The Labute approximate surface area is 133 Å². The predicted octanol–water partition coefficient (Wildman–Crippen LogP) is 4.09. The number of rotatable bonds is 6. The van der Waals surface area contributed by atoms with Crippen LogP contribution in [0.4, 0.5) is 5.69 Å². The molecule has 0 bridgehead atoms. The molecule has 0 aliphatic carbocycles. The Bertz CT molecular complexity index is 574. The Morgan fingerprint density at radius 3 is 1.95 bits per heavy atom.